The summed E-state index contributed by atoms with van der Waals surface area (Å²) in [5.41, 5.74) is 0. The second-order valence-electron chi connectivity index (χ2n) is 4.57. The minimum absolute atomic E-state index is 0.708. The maximum Gasteiger partial charge on any atom is 0.0635 e. The molecule has 1 aliphatic heterocycles. The third kappa shape index (κ3) is 2.22. The Morgan fingerprint density at radius 3 is 2.54 bits per heavy atom. The first-order valence-electron chi connectivity index (χ1n) is 5.48. The van der Waals surface area contributed by atoms with Gasteiger partial charge in [0.05, 0.1) is 6.07 Å². The zero-order valence-corrected chi connectivity index (χ0v) is 8.21. The van der Waals surface area contributed by atoms with Crippen molar-refractivity contribution in [2.75, 3.05) is 19.6 Å². The molecule has 1 saturated carbocycles. The Kier molecular flexibility index (Phi) is 2.85. The number of likely N-dealkylation sites (tertiary alicyclic amines) is 1. The van der Waals surface area contributed by atoms with Crippen molar-refractivity contribution < 1.29 is 0 Å². The van der Waals surface area contributed by atoms with Gasteiger partial charge in [0.1, 0.15) is 0 Å². The van der Waals surface area contributed by atoms with Gasteiger partial charge in [0.2, 0.25) is 0 Å². The van der Waals surface area contributed by atoms with Crippen LogP contribution in [0.15, 0.2) is 0 Å². The summed E-state index contributed by atoms with van der Waals surface area (Å²) < 4.78 is 0. The van der Waals surface area contributed by atoms with Crippen LogP contribution in [0.3, 0.4) is 0 Å². The van der Waals surface area contributed by atoms with E-state index in [1.54, 1.807) is 0 Å². The minimum Gasteiger partial charge on any atom is -0.302 e. The molecule has 13 heavy (non-hydrogen) atoms. The molecule has 2 atom stereocenters. The molecule has 72 valence electrons. The molecule has 0 N–H and O–H groups in total. The molecular weight excluding hydrogens is 160 g/mol. The van der Waals surface area contributed by atoms with E-state index in [0.29, 0.717) is 6.42 Å². The zero-order chi connectivity index (χ0) is 9.10. The van der Waals surface area contributed by atoms with Gasteiger partial charge in [-0.2, -0.15) is 5.26 Å². The van der Waals surface area contributed by atoms with Gasteiger partial charge in [0.15, 0.2) is 0 Å². The highest BCUT2D eigenvalue weighted by Crippen LogP contribution is 2.34. The number of rotatable bonds is 2. The quantitative estimate of drug-likeness (QED) is 0.647. The molecule has 0 aromatic carbocycles. The molecule has 2 rings (SSSR count). The predicted molar refractivity (Wildman–Crippen MR) is 52.1 cm³/mol. The summed E-state index contributed by atoms with van der Waals surface area (Å²) in [7, 11) is 0. The molecule has 0 amide bonds. The predicted octanol–water partition coefficient (Wildman–Crippen LogP) is 2.02. The van der Waals surface area contributed by atoms with Crippen LogP contribution in [-0.4, -0.2) is 24.5 Å². The largest absolute Gasteiger partial charge is 0.302 e. The van der Waals surface area contributed by atoms with Crippen LogP contribution in [0.25, 0.3) is 0 Å². The van der Waals surface area contributed by atoms with Crippen molar-refractivity contribution in [3.05, 3.63) is 0 Å². The van der Waals surface area contributed by atoms with E-state index in [9.17, 15) is 0 Å². The van der Waals surface area contributed by atoms with Gasteiger partial charge in [-0.15, -0.1) is 0 Å². The van der Waals surface area contributed by atoms with Gasteiger partial charge < -0.3 is 4.90 Å². The number of nitriles is 1. The Hall–Kier alpha value is -0.550. The number of hydrogen-bond acceptors (Lipinski definition) is 2. The van der Waals surface area contributed by atoms with Crippen molar-refractivity contribution in [2.45, 2.75) is 32.1 Å². The smallest absolute Gasteiger partial charge is 0.0635 e. The third-order valence-electron chi connectivity index (χ3n) is 3.46. The average molecular weight is 178 g/mol. The molecule has 2 bridgehead atoms. The van der Waals surface area contributed by atoms with Crippen LogP contribution in [0.2, 0.25) is 0 Å². The van der Waals surface area contributed by atoms with E-state index in [1.165, 1.54) is 38.8 Å². The highest BCUT2D eigenvalue weighted by atomic mass is 15.1. The molecule has 0 spiro atoms. The monoisotopic (exact) mass is 178 g/mol. The molecule has 1 heterocycles. The number of piperidine rings is 1. The fraction of sp³-hybridized carbons (Fsp3) is 0.909. The molecule has 0 aromatic rings. The first kappa shape index (κ1) is 9.02. The van der Waals surface area contributed by atoms with Gasteiger partial charge >= 0.3 is 0 Å². The lowest BCUT2D eigenvalue weighted by molar-refractivity contribution is 0.0880. The van der Waals surface area contributed by atoms with E-state index in [0.717, 1.165) is 18.4 Å². The maximum absolute atomic E-state index is 8.52. The first-order chi connectivity index (χ1) is 6.38. The fourth-order valence-corrected chi connectivity index (χ4v) is 2.93. The van der Waals surface area contributed by atoms with Crippen LogP contribution < -0.4 is 0 Å². The van der Waals surface area contributed by atoms with E-state index >= 15 is 0 Å². The summed E-state index contributed by atoms with van der Waals surface area (Å²) >= 11 is 0. The second-order valence-corrected chi connectivity index (χ2v) is 4.57. The van der Waals surface area contributed by atoms with Crippen LogP contribution in [-0.2, 0) is 0 Å². The Labute approximate surface area is 80.5 Å². The van der Waals surface area contributed by atoms with Crippen LogP contribution in [0.1, 0.15) is 32.1 Å². The zero-order valence-electron chi connectivity index (χ0n) is 8.21. The molecule has 0 radical (unpaired) electrons. The van der Waals surface area contributed by atoms with Crippen molar-refractivity contribution in [1.82, 2.24) is 4.90 Å². The van der Waals surface area contributed by atoms with Gasteiger partial charge in [0, 0.05) is 26.1 Å². The minimum atomic E-state index is 0.708. The highest BCUT2D eigenvalue weighted by molar-refractivity contribution is 4.84. The standard InChI is InChI=1S/C11H18N2/c12-5-2-6-13-8-10-3-1-4-11(7-10)9-13/h10-11H,1-4,6-9H2. The van der Waals surface area contributed by atoms with Gasteiger partial charge in [-0.05, 0) is 31.1 Å². The molecule has 2 fully saturated rings. The molecular formula is C11H18N2. The van der Waals surface area contributed by atoms with E-state index in [1.807, 2.05) is 0 Å². The lowest BCUT2D eigenvalue weighted by Crippen LogP contribution is -2.42. The molecule has 2 heteroatoms. The summed E-state index contributed by atoms with van der Waals surface area (Å²) in [5, 5.41) is 8.52. The molecule has 2 nitrogen and oxygen atoms in total. The van der Waals surface area contributed by atoms with E-state index in [4.69, 9.17) is 5.26 Å². The summed E-state index contributed by atoms with van der Waals surface area (Å²) in [5.74, 6) is 1.90. The van der Waals surface area contributed by atoms with Gasteiger partial charge in [-0.3, -0.25) is 0 Å². The van der Waals surface area contributed by atoms with Crippen LogP contribution in [0.4, 0.5) is 0 Å². The van der Waals surface area contributed by atoms with Crippen molar-refractivity contribution in [1.29, 1.82) is 5.26 Å². The molecule has 0 aromatic heterocycles. The first-order valence-corrected chi connectivity index (χ1v) is 5.48. The van der Waals surface area contributed by atoms with Crippen molar-refractivity contribution in [2.24, 2.45) is 11.8 Å². The van der Waals surface area contributed by atoms with Crippen molar-refractivity contribution in [3.63, 3.8) is 0 Å². The fourth-order valence-electron chi connectivity index (χ4n) is 2.93. The topological polar surface area (TPSA) is 27.0 Å². The number of hydrogen-bond donors (Lipinski definition) is 0. The Morgan fingerprint density at radius 2 is 1.92 bits per heavy atom. The van der Waals surface area contributed by atoms with E-state index in [-0.39, 0.29) is 0 Å². The number of nitrogens with zero attached hydrogens (tertiary/aromatic N) is 2. The number of fused-ring (bicyclic) bond motifs is 2. The third-order valence-corrected chi connectivity index (χ3v) is 3.46. The van der Waals surface area contributed by atoms with Crippen LogP contribution in [0.5, 0.6) is 0 Å². The Balaban J connectivity index is 1.84. The SMILES string of the molecule is N#CCCN1CC2CCCC(C2)C1. The lowest BCUT2D eigenvalue weighted by Gasteiger charge is -2.41. The molecule has 1 aliphatic carbocycles. The molecule has 2 unspecified atom stereocenters. The maximum atomic E-state index is 8.52. The summed E-state index contributed by atoms with van der Waals surface area (Å²) in [6, 6.07) is 2.24. The Morgan fingerprint density at radius 1 is 1.23 bits per heavy atom. The van der Waals surface area contributed by atoms with Crippen LogP contribution >= 0.6 is 0 Å². The van der Waals surface area contributed by atoms with Gasteiger partial charge in [0.25, 0.3) is 0 Å². The van der Waals surface area contributed by atoms with E-state index in [2.05, 4.69) is 11.0 Å². The van der Waals surface area contributed by atoms with Crippen LogP contribution in [0, 0.1) is 23.2 Å². The highest BCUT2D eigenvalue weighted by Gasteiger charge is 2.29. The molecule has 1 saturated heterocycles. The average Bonchev–Trinajstić information content (AvgIpc) is 2.14. The van der Waals surface area contributed by atoms with Crippen molar-refractivity contribution in [3.8, 4) is 6.07 Å². The van der Waals surface area contributed by atoms with Gasteiger partial charge in [-0.1, -0.05) is 6.42 Å². The normalized spacial score (nSPS) is 34.1. The summed E-state index contributed by atoms with van der Waals surface area (Å²) in [6.45, 7) is 3.53. The summed E-state index contributed by atoms with van der Waals surface area (Å²) in [4.78, 5) is 2.50. The van der Waals surface area contributed by atoms with Crippen molar-refractivity contribution >= 4 is 0 Å². The van der Waals surface area contributed by atoms with E-state index < -0.39 is 0 Å². The second kappa shape index (κ2) is 4.11. The van der Waals surface area contributed by atoms with Gasteiger partial charge in [-0.25, -0.2) is 0 Å². The molecule has 2 aliphatic rings. The lowest BCUT2D eigenvalue weighted by atomic mass is 9.78. The Bertz CT molecular complexity index is 195. The summed E-state index contributed by atoms with van der Waals surface area (Å²) in [6.07, 6.45) is 6.48.